The number of aromatic amines is 1. The van der Waals surface area contributed by atoms with Gasteiger partial charge in [-0.25, -0.2) is 9.18 Å². The Morgan fingerprint density at radius 1 is 1.16 bits per heavy atom. The highest BCUT2D eigenvalue weighted by Gasteiger charge is 2.33. The van der Waals surface area contributed by atoms with Gasteiger partial charge < -0.3 is 37.3 Å². The molecule has 0 radical (unpaired) electrons. The number of H-pyrrole nitrogens is 1. The topological polar surface area (TPSA) is 183 Å². The van der Waals surface area contributed by atoms with Crippen molar-refractivity contribution in [3.63, 3.8) is 0 Å². The minimum absolute atomic E-state index is 0.0177. The molecular formula is C30H36F4N8O3. The summed E-state index contributed by atoms with van der Waals surface area (Å²) in [6, 6.07) is 10.7. The summed E-state index contributed by atoms with van der Waals surface area (Å²) in [5.74, 6) is -2.17. The number of nitrogens with one attached hydrogen (secondary N) is 2. The van der Waals surface area contributed by atoms with Crippen LogP contribution < -0.4 is 32.9 Å². The first-order valence-corrected chi connectivity index (χ1v) is 14.3. The Balaban J connectivity index is 1.58. The molecule has 0 bridgehead atoms. The van der Waals surface area contributed by atoms with Gasteiger partial charge in [-0.2, -0.15) is 4.98 Å². The highest BCUT2D eigenvalue weighted by molar-refractivity contribution is 5.83. The van der Waals surface area contributed by atoms with Gasteiger partial charge in [0, 0.05) is 42.3 Å². The Labute approximate surface area is 256 Å². The summed E-state index contributed by atoms with van der Waals surface area (Å²) in [6.07, 6.45) is -1.47. The fourth-order valence-corrected chi connectivity index (χ4v) is 4.79. The number of ether oxygens (including phenoxy) is 1. The number of aromatic nitrogens is 3. The Morgan fingerprint density at radius 3 is 2.53 bits per heavy atom. The van der Waals surface area contributed by atoms with E-state index in [4.69, 9.17) is 17.2 Å². The van der Waals surface area contributed by atoms with Crippen molar-refractivity contribution >= 4 is 17.0 Å². The number of aliphatic imine (C=N–C) groups is 1. The van der Waals surface area contributed by atoms with Crippen molar-refractivity contribution < 1.29 is 27.4 Å². The van der Waals surface area contributed by atoms with Crippen molar-refractivity contribution in [2.24, 2.45) is 22.2 Å². The predicted molar refractivity (Wildman–Crippen MR) is 163 cm³/mol. The van der Waals surface area contributed by atoms with Crippen molar-refractivity contribution in [2.75, 3.05) is 13.2 Å². The first kappa shape index (κ1) is 33.4. The molecule has 0 saturated carbocycles. The number of nitrogens with zero attached hydrogens (tertiary/aromatic N) is 3. The quantitative estimate of drug-likeness (QED) is 0.0696. The molecule has 4 aromatic rings. The van der Waals surface area contributed by atoms with Gasteiger partial charge >= 0.3 is 12.1 Å². The summed E-state index contributed by atoms with van der Waals surface area (Å²) in [6.45, 7) is 2.53. The van der Waals surface area contributed by atoms with E-state index in [1.807, 2.05) is 6.92 Å². The summed E-state index contributed by atoms with van der Waals surface area (Å²) in [5, 5.41) is 13.2. The number of hydrogen-bond donors (Lipinski definition) is 6. The largest absolute Gasteiger partial charge is 0.573 e. The summed E-state index contributed by atoms with van der Waals surface area (Å²) in [7, 11) is 0. The molecule has 0 aliphatic rings. The minimum Gasteiger partial charge on any atom is -0.403 e. The molecule has 0 unspecified atom stereocenters. The van der Waals surface area contributed by atoms with Crippen LogP contribution in [-0.2, 0) is 13.0 Å². The van der Waals surface area contributed by atoms with Crippen LogP contribution in [0, 0.1) is 5.82 Å². The Bertz CT molecular complexity index is 1680. The van der Waals surface area contributed by atoms with Crippen LogP contribution in [0.4, 0.5) is 17.6 Å². The van der Waals surface area contributed by atoms with Gasteiger partial charge in [0.1, 0.15) is 5.65 Å². The van der Waals surface area contributed by atoms with Gasteiger partial charge in [0.2, 0.25) is 0 Å². The van der Waals surface area contributed by atoms with Crippen LogP contribution in [0.3, 0.4) is 0 Å². The van der Waals surface area contributed by atoms with Gasteiger partial charge in [0.25, 0.3) is 0 Å². The molecule has 9 N–H and O–H groups in total. The van der Waals surface area contributed by atoms with Gasteiger partial charge in [-0.3, -0.25) is 9.56 Å². The van der Waals surface area contributed by atoms with Crippen LogP contribution in [0.25, 0.3) is 28.0 Å². The second kappa shape index (κ2) is 14.5. The van der Waals surface area contributed by atoms with Crippen LogP contribution in [0.2, 0.25) is 0 Å². The van der Waals surface area contributed by atoms with E-state index in [0.29, 0.717) is 55.4 Å². The van der Waals surface area contributed by atoms with Crippen LogP contribution in [-0.4, -0.2) is 57.2 Å². The van der Waals surface area contributed by atoms with Crippen molar-refractivity contribution in [3.05, 3.63) is 76.1 Å². The molecule has 0 aliphatic heterocycles. The molecule has 0 aliphatic carbocycles. The van der Waals surface area contributed by atoms with Crippen molar-refractivity contribution in [2.45, 2.75) is 57.6 Å². The zero-order chi connectivity index (χ0) is 32.7. The number of aryl methyl sites for hydroxylation is 1. The Morgan fingerprint density at radius 2 is 1.89 bits per heavy atom. The molecule has 242 valence electrons. The van der Waals surface area contributed by atoms with Gasteiger partial charge in [-0.05, 0) is 74.1 Å². The fraction of sp³-hybridized carbons (Fsp3) is 0.367. The monoisotopic (exact) mass is 632 g/mol. The molecule has 2 aromatic carbocycles. The minimum atomic E-state index is -5.09. The lowest BCUT2D eigenvalue weighted by Crippen LogP contribution is -2.33. The summed E-state index contributed by atoms with van der Waals surface area (Å²) >= 11 is 0. The molecule has 4 rings (SSSR count). The number of alkyl halides is 3. The van der Waals surface area contributed by atoms with E-state index >= 15 is 4.39 Å². The second-order valence-corrected chi connectivity index (χ2v) is 10.8. The van der Waals surface area contributed by atoms with E-state index < -0.39 is 23.6 Å². The van der Waals surface area contributed by atoms with Crippen molar-refractivity contribution in [3.8, 4) is 22.7 Å². The average Bonchev–Trinajstić information content (AvgIpc) is 3.37. The zero-order valence-electron chi connectivity index (χ0n) is 24.6. The highest BCUT2D eigenvalue weighted by Crippen LogP contribution is 2.35. The zero-order valence-corrected chi connectivity index (χ0v) is 24.6. The van der Waals surface area contributed by atoms with Crippen LogP contribution >= 0.6 is 0 Å². The number of aliphatic hydroxyl groups is 1. The fourth-order valence-electron chi connectivity index (χ4n) is 4.79. The van der Waals surface area contributed by atoms with E-state index in [9.17, 15) is 23.1 Å². The number of hydrogen-bond acceptors (Lipinski definition) is 7. The summed E-state index contributed by atoms with van der Waals surface area (Å²) < 4.78 is 59.8. The Hall–Kier alpha value is -4.47. The molecule has 0 spiro atoms. The van der Waals surface area contributed by atoms with Crippen molar-refractivity contribution in [1.82, 2.24) is 19.9 Å². The standard InChI is InChI=1S/C30H36F4N8O3/c1-17(35)3-2-4-19-11-23(26(31)25(12-19)45-30(32,33)34)24-13-20-15-42(29(44)41-27(20)40-24)22-7-5-18(6-8-22)14-39-21(16-43)9-10-38-28(36)37/h5-8,11-13,15,17,21,39,43H,2-4,9-10,14,16,35H2,1H3,(H4,36,37,38)(H,40,41,44)/t17-,21+/m0/s1. The molecule has 15 heteroatoms. The van der Waals surface area contributed by atoms with E-state index in [0.717, 1.165) is 11.6 Å². The maximum absolute atomic E-state index is 15.4. The number of rotatable bonds is 14. The van der Waals surface area contributed by atoms with E-state index in [1.54, 1.807) is 24.3 Å². The van der Waals surface area contributed by atoms with Crippen LogP contribution in [0.5, 0.6) is 5.75 Å². The van der Waals surface area contributed by atoms with Gasteiger partial charge in [-0.1, -0.05) is 12.1 Å². The average molecular weight is 633 g/mol. The lowest BCUT2D eigenvalue weighted by Gasteiger charge is -2.15. The van der Waals surface area contributed by atoms with E-state index in [2.05, 4.69) is 25.0 Å². The SMILES string of the molecule is C[C@H](N)CCCc1cc(OC(F)(F)F)c(F)c(-c2cc3cn(-c4ccc(CN[C@@H](CO)CCN=C(N)N)cc4)c(=O)nc3[nH]2)c1. The predicted octanol–water partition coefficient (Wildman–Crippen LogP) is 3.20. The molecule has 0 saturated heterocycles. The molecule has 2 atom stereocenters. The number of fused-ring (bicyclic) bond motifs is 1. The third-order valence-electron chi connectivity index (χ3n) is 7.05. The highest BCUT2D eigenvalue weighted by atomic mass is 19.4. The number of guanidine groups is 1. The number of nitrogens with two attached hydrogens (primary N) is 3. The lowest BCUT2D eigenvalue weighted by atomic mass is 10.0. The summed E-state index contributed by atoms with van der Waals surface area (Å²) in [5.41, 5.74) is 17.8. The van der Waals surface area contributed by atoms with Crippen LogP contribution in [0.15, 0.2) is 58.4 Å². The molecule has 2 heterocycles. The third-order valence-corrected chi connectivity index (χ3v) is 7.05. The van der Waals surface area contributed by atoms with Crippen molar-refractivity contribution in [1.29, 1.82) is 0 Å². The molecule has 11 nitrogen and oxygen atoms in total. The number of benzene rings is 2. The number of halogens is 4. The normalized spacial score (nSPS) is 13.1. The molecule has 0 fully saturated rings. The first-order valence-electron chi connectivity index (χ1n) is 14.3. The smallest absolute Gasteiger partial charge is 0.403 e. The van der Waals surface area contributed by atoms with Gasteiger partial charge in [0.15, 0.2) is 17.5 Å². The van der Waals surface area contributed by atoms with Crippen LogP contribution in [0.1, 0.15) is 37.3 Å². The Kier molecular flexibility index (Phi) is 10.8. The first-order chi connectivity index (χ1) is 21.3. The maximum Gasteiger partial charge on any atom is 0.573 e. The lowest BCUT2D eigenvalue weighted by molar-refractivity contribution is -0.275. The maximum atomic E-state index is 15.4. The summed E-state index contributed by atoms with van der Waals surface area (Å²) in [4.78, 5) is 23.7. The second-order valence-electron chi connectivity index (χ2n) is 10.8. The van der Waals surface area contributed by atoms with E-state index in [-0.39, 0.29) is 41.6 Å². The molecular weight excluding hydrogens is 596 g/mol. The molecule has 45 heavy (non-hydrogen) atoms. The van der Waals surface area contributed by atoms with Gasteiger partial charge in [-0.15, -0.1) is 13.2 Å². The van der Waals surface area contributed by atoms with E-state index in [1.165, 1.54) is 22.9 Å². The third kappa shape index (κ3) is 9.26. The molecule has 2 aromatic heterocycles. The van der Waals surface area contributed by atoms with Gasteiger partial charge in [0.05, 0.1) is 18.0 Å². The number of aliphatic hydroxyl groups excluding tert-OH is 1. The molecule has 0 amide bonds.